The van der Waals surface area contributed by atoms with Crippen LogP contribution in [-0.4, -0.2) is 22.7 Å². The number of carboxylic acid groups (broad SMARTS) is 1. The fourth-order valence-corrected chi connectivity index (χ4v) is 2.59. The normalized spacial score (nSPS) is 27.0. The first-order valence-corrected chi connectivity index (χ1v) is 6.72. The number of nitrogens with one attached hydrogen (secondary N) is 2. The number of thiocarbonyl (C=S) groups is 1. The minimum Gasteiger partial charge on any atom is -0.483 e. The van der Waals surface area contributed by atoms with Crippen LogP contribution in [0, 0.1) is 17.8 Å². The Hall–Kier alpha value is -0.880. The molecule has 3 atom stereocenters. The van der Waals surface area contributed by atoms with E-state index in [1.54, 1.807) is 0 Å². The molecule has 1 aliphatic rings. The van der Waals surface area contributed by atoms with Crippen molar-refractivity contribution in [1.82, 2.24) is 10.9 Å². The van der Waals surface area contributed by atoms with Crippen LogP contribution in [0.5, 0.6) is 0 Å². The van der Waals surface area contributed by atoms with Crippen molar-refractivity contribution in [2.24, 2.45) is 23.5 Å². The summed E-state index contributed by atoms with van der Waals surface area (Å²) < 4.78 is 0. The molecule has 0 heterocycles. The molecule has 18 heavy (non-hydrogen) atoms. The molecule has 106 valence electrons. The second-order valence-electron chi connectivity index (χ2n) is 5.17. The minimum absolute atomic E-state index is 0.250. The molecule has 1 aliphatic carbocycles. The van der Waals surface area contributed by atoms with Gasteiger partial charge in [0, 0.05) is 6.04 Å². The lowest BCUT2D eigenvalue weighted by Crippen LogP contribution is -2.52. The van der Waals surface area contributed by atoms with Crippen molar-refractivity contribution in [3.63, 3.8) is 0 Å². The molecule has 0 aliphatic heterocycles. The summed E-state index contributed by atoms with van der Waals surface area (Å²) in [5.41, 5.74) is 11.6. The molecule has 0 amide bonds. The van der Waals surface area contributed by atoms with E-state index >= 15 is 0 Å². The smallest absolute Gasteiger partial charge is 0.290 e. The van der Waals surface area contributed by atoms with Crippen LogP contribution < -0.4 is 16.6 Å². The summed E-state index contributed by atoms with van der Waals surface area (Å²) in [7, 11) is 0. The summed E-state index contributed by atoms with van der Waals surface area (Å²) in [6.07, 6.45) is 3.85. The van der Waals surface area contributed by atoms with E-state index in [1.807, 2.05) is 0 Å². The van der Waals surface area contributed by atoms with Crippen LogP contribution in [0.1, 0.15) is 40.0 Å². The van der Waals surface area contributed by atoms with Gasteiger partial charge >= 0.3 is 0 Å². The highest BCUT2D eigenvalue weighted by Gasteiger charge is 2.30. The third-order valence-corrected chi connectivity index (χ3v) is 3.51. The van der Waals surface area contributed by atoms with E-state index in [0.29, 0.717) is 17.1 Å². The van der Waals surface area contributed by atoms with Gasteiger partial charge in [-0.2, -0.15) is 0 Å². The Morgan fingerprint density at radius 2 is 2.06 bits per heavy atom. The Labute approximate surface area is 114 Å². The van der Waals surface area contributed by atoms with Crippen LogP contribution in [0.3, 0.4) is 0 Å². The van der Waals surface area contributed by atoms with Crippen molar-refractivity contribution in [3.8, 4) is 0 Å². The minimum atomic E-state index is -0.250. The molecule has 0 radical (unpaired) electrons. The number of carbonyl (C=O) groups is 1. The molecule has 3 unspecified atom stereocenters. The third kappa shape index (κ3) is 6.76. The van der Waals surface area contributed by atoms with Crippen LogP contribution in [0.15, 0.2) is 0 Å². The van der Waals surface area contributed by atoms with Crippen molar-refractivity contribution < 1.29 is 9.90 Å². The zero-order chi connectivity index (χ0) is 14.1. The largest absolute Gasteiger partial charge is 0.483 e. The Kier molecular flexibility index (Phi) is 8.66. The van der Waals surface area contributed by atoms with E-state index in [9.17, 15) is 0 Å². The highest BCUT2D eigenvalue weighted by atomic mass is 32.1. The molecule has 1 rings (SSSR count). The van der Waals surface area contributed by atoms with Crippen molar-refractivity contribution in [2.75, 3.05) is 0 Å². The lowest BCUT2D eigenvalue weighted by molar-refractivity contribution is -0.122. The third-order valence-electron chi connectivity index (χ3n) is 3.40. The predicted octanol–water partition coefficient (Wildman–Crippen LogP) is 1.49. The molecular weight excluding hydrogens is 250 g/mol. The number of rotatable bonds is 3. The molecule has 1 fully saturated rings. The van der Waals surface area contributed by atoms with Gasteiger partial charge in [0.05, 0.1) is 0 Å². The summed E-state index contributed by atoms with van der Waals surface area (Å²) in [5, 5.41) is 7.22. The topological polar surface area (TPSA) is 87.4 Å². The Bertz CT molecular complexity index is 262. The van der Waals surface area contributed by atoms with Gasteiger partial charge in [0.15, 0.2) is 5.11 Å². The maximum atomic E-state index is 8.36. The van der Waals surface area contributed by atoms with E-state index in [2.05, 4.69) is 31.6 Å². The first-order valence-electron chi connectivity index (χ1n) is 6.31. The van der Waals surface area contributed by atoms with Gasteiger partial charge in [0.2, 0.25) is 0 Å². The van der Waals surface area contributed by atoms with Gasteiger partial charge in [-0.05, 0) is 42.8 Å². The van der Waals surface area contributed by atoms with Crippen molar-refractivity contribution in [1.29, 1.82) is 0 Å². The van der Waals surface area contributed by atoms with E-state index in [4.69, 9.17) is 27.9 Å². The lowest BCUT2D eigenvalue weighted by atomic mass is 9.74. The molecule has 0 aromatic heterocycles. The molecule has 0 saturated heterocycles. The van der Waals surface area contributed by atoms with Gasteiger partial charge < -0.3 is 10.8 Å². The van der Waals surface area contributed by atoms with E-state index in [1.165, 1.54) is 19.3 Å². The van der Waals surface area contributed by atoms with Crippen LogP contribution in [0.25, 0.3) is 0 Å². The van der Waals surface area contributed by atoms with Crippen molar-refractivity contribution in [2.45, 2.75) is 46.1 Å². The molecule has 5 N–H and O–H groups in total. The quantitative estimate of drug-likeness (QED) is 0.354. The average Bonchev–Trinajstić information content (AvgIpc) is 2.27. The van der Waals surface area contributed by atoms with Gasteiger partial charge in [-0.3, -0.25) is 10.2 Å². The Morgan fingerprint density at radius 3 is 2.50 bits per heavy atom. The molecule has 5 nitrogen and oxygen atoms in total. The van der Waals surface area contributed by atoms with Crippen LogP contribution >= 0.6 is 12.2 Å². The highest BCUT2D eigenvalue weighted by Crippen LogP contribution is 2.33. The van der Waals surface area contributed by atoms with Crippen LogP contribution in [0.2, 0.25) is 0 Å². The molecule has 1 saturated carbocycles. The van der Waals surface area contributed by atoms with Gasteiger partial charge in [-0.15, -0.1) is 0 Å². The summed E-state index contributed by atoms with van der Waals surface area (Å²) in [6.45, 7) is 6.64. The fourth-order valence-electron chi connectivity index (χ4n) is 2.53. The first-order chi connectivity index (χ1) is 8.42. The standard InChI is InChI=1S/C11H23N3S.CH2O2/c1-7(2)9-5-4-8(3)6-10(9)13-14-11(12)15;2-1-3/h7-10,13H,4-6H2,1-3H3,(H3,12,14,15);1H,(H,2,3). The predicted molar refractivity (Wildman–Crippen MR) is 76.9 cm³/mol. The summed E-state index contributed by atoms with van der Waals surface area (Å²) in [5.74, 6) is 2.23. The molecule has 0 aromatic rings. The highest BCUT2D eigenvalue weighted by molar-refractivity contribution is 7.80. The Balaban J connectivity index is 0.000000873. The summed E-state index contributed by atoms with van der Waals surface area (Å²) >= 11 is 4.80. The van der Waals surface area contributed by atoms with Gasteiger partial charge in [0.1, 0.15) is 0 Å². The zero-order valence-electron chi connectivity index (χ0n) is 11.3. The SMILES string of the molecule is CC1CCC(C(C)C)C(NNC(N)=S)C1.O=CO. The van der Waals surface area contributed by atoms with Gasteiger partial charge in [0.25, 0.3) is 6.47 Å². The maximum absolute atomic E-state index is 8.36. The van der Waals surface area contributed by atoms with E-state index < -0.39 is 0 Å². The lowest BCUT2D eigenvalue weighted by Gasteiger charge is -2.37. The Morgan fingerprint density at radius 1 is 1.50 bits per heavy atom. The molecule has 6 heteroatoms. The number of hydrazine groups is 1. The number of hydrogen-bond acceptors (Lipinski definition) is 3. The van der Waals surface area contributed by atoms with E-state index in [-0.39, 0.29) is 6.47 Å². The molecule has 0 spiro atoms. The summed E-state index contributed by atoms with van der Waals surface area (Å²) in [6, 6.07) is 0.496. The molecular formula is C12H25N3O2S. The van der Waals surface area contributed by atoms with Gasteiger partial charge in [-0.1, -0.05) is 27.2 Å². The monoisotopic (exact) mass is 275 g/mol. The number of nitrogens with two attached hydrogens (primary N) is 1. The number of hydrogen-bond donors (Lipinski definition) is 4. The van der Waals surface area contributed by atoms with Crippen molar-refractivity contribution in [3.05, 3.63) is 0 Å². The van der Waals surface area contributed by atoms with Crippen LogP contribution in [-0.2, 0) is 4.79 Å². The second kappa shape index (κ2) is 9.10. The maximum Gasteiger partial charge on any atom is 0.290 e. The fraction of sp³-hybridized carbons (Fsp3) is 0.833. The van der Waals surface area contributed by atoms with Gasteiger partial charge in [-0.25, -0.2) is 5.43 Å². The summed E-state index contributed by atoms with van der Waals surface area (Å²) in [4.78, 5) is 8.36. The first kappa shape index (κ1) is 17.1. The zero-order valence-corrected chi connectivity index (χ0v) is 12.2. The van der Waals surface area contributed by atoms with Crippen LogP contribution in [0.4, 0.5) is 0 Å². The van der Waals surface area contributed by atoms with E-state index in [0.717, 1.165) is 11.8 Å². The average molecular weight is 275 g/mol. The molecule has 0 bridgehead atoms. The van der Waals surface area contributed by atoms with Crippen molar-refractivity contribution >= 4 is 23.8 Å². The molecule has 0 aromatic carbocycles. The second-order valence-corrected chi connectivity index (χ2v) is 5.61.